The van der Waals surface area contributed by atoms with E-state index in [1.54, 1.807) is 4.90 Å². The highest BCUT2D eigenvalue weighted by Gasteiger charge is 2.60. The molecule has 4 aliphatic rings. The van der Waals surface area contributed by atoms with Crippen molar-refractivity contribution in [3.63, 3.8) is 0 Å². The molecular weight excluding hydrogens is 404 g/mol. The summed E-state index contributed by atoms with van der Waals surface area (Å²) < 4.78 is 1.93. The van der Waals surface area contributed by atoms with E-state index >= 15 is 0 Å². The standard InChI is InChI=1S/C25H32N4O3/c30-23-21-16-7-8-17(15-16)22(21)24(31)28(23)12-4-3-11-27-13-9-18(10-14-27)29-20-6-2-1-5-19(20)26-25(29)32/h1-2,5-6,16-18,21-22H,3-4,7-15H2,(H,26,32)/t16-,17+,21+,22-. The van der Waals surface area contributed by atoms with Gasteiger partial charge in [0.1, 0.15) is 0 Å². The Morgan fingerprint density at radius 3 is 2.22 bits per heavy atom. The average molecular weight is 437 g/mol. The van der Waals surface area contributed by atoms with Crippen molar-refractivity contribution in [1.82, 2.24) is 19.4 Å². The van der Waals surface area contributed by atoms with Gasteiger partial charge >= 0.3 is 5.69 Å². The van der Waals surface area contributed by atoms with Gasteiger partial charge in [-0.3, -0.25) is 19.1 Å². The molecule has 2 saturated heterocycles. The van der Waals surface area contributed by atoms with Crippen LogP contribution >= 0.6 is 0 Å². The molecule has 7 heteroatoms. The van der Waals surface area contributed by atoms with Crippen LogP contribution in [0, 0.1) is 23.7 Å². The van der Waals surface area contributed by atoms with E-state index in [-0.39, 0.29) is 35.4 Å². The van der Waals surface area contributed by atoms with Crippen LogP contribution in [0.3, 0.4) is 0 Å². The molecule has 1 aromatic heterocycles. The highest BCUT2D eigenvalue weighted by Crippen LogP contribution is 2.56. The molecule has 7 nitrogen and oxygen atoms in total. The second-order valence-corrected chi connectivity index (χ2v) is 10.3. The molecule has 1 aromatic carbocycles. The topological polar surface area (TPSA) is 78.4 Å². The summed E-state index contributed by atoms with van der Waals surface area (Å²) in [6.07, 6.45) is 7.19. The molecule has 2 aliphatic carbocycles. The van der Waals surface area contributed by atoms with Crippen LogP contribution in [0.1, 0.15) is 51.0 Å². The quantitative estimate of drug-likeness (QED) is 0.558. The number of nitrogens with one attached hydrogen (secondary N) is 1. The number of fused-ring (bicyclic) bond motifs is 6. The number of para-hydroxylation sites is 2. The highest BCUT2D eigenvalue weighted by molar-refractivity contribution is 6.06. The number of carbonyl (C=O) groups is 2. The number of rotatable bonds is 6. The Hall–Kier alpha value is -2.41. The zero-order valence-corrected chi connectivity index (χ0v) is 18.5. The Morgan fingerprint density at radius 1 is 0.844 bits per heavy atom. The number of amides is 2. The zero-order valence-electron chi connectivity index (χ0n) is 18.5. The molecule has 2 amide bonds. The number of carbonyl (C=O) groups excluding carboxylic acids is 2. The number of nitrogens with zero attached hydrogens (tertiary/aromatic N) is 3. The number of imidazole rings is 1. The molecule has 4 fully saturated rings. The van der Waals surface area contributed by atoms with Crippen LogP contribution in [0.5, 0.6) is 0 Å². The number of hydrogen-bond acceptors (Lipinski definition) is 4. The van der Waals surface area contributed by atoms with E-state index in [0.29, 0.717) is 18.4 Å². The summed E-state index contributed by atoms with van der Waals surface area (Å²) >= 11 is 0. The first-order chi connectivity index (χ1) is 15.6. The van der Waals surface area contributed by atoms with Crippen molar-refractivity contribution in [3.8, 4) is 0 Å². The summed E-state index contributed by atoms with van der Waals surface area (Å²) in [5, 5.41) is 0. The third-order valence-corrected chi connectivity index (χ3v) is 8.67. The Bertz CT molecular complexity index is 1070. The lowest BCUT2D eigenvalue weighted by molar-refractivity contribution is -0.140. The van der Waals surface area contributed by atoms with Gasteiger partial charge in [0, 0.05) is 25.7 Å². The number of H-pyrrole nitrogens is 1. The molecule has 32 heavy (non-hydrogen) atoms. The Morgan fingerprint density at radius 2 is 1.50 bits per heavy atom. The van der Waals surface area contributed by atoms with E-state index in [2.05, 4.69) is 9.88 Å². The van der Waals surface area contributed by atoms with Crippen LogP contribution in [0.4, 0.5) is 0 Å². The van der Waals surface area contributed by atoms with Crippen LogP contribution in [-0.4, -0.2) is 57.3 Å². The Labute approximate surface area is 187 Å². The predicted molar refractivity (Wildman–Crippen MR) is 121 cm³/mol. The molecule has 3 heterocycles. The van der Waals surface area contributed by atoms with E-state index < -0.39 is 0 Å². The van der Waals surface area contributed by atoms with Crippen LogP contribution in [0.2, 0.25) is 0 Å². The molecule has 0 spiro atoms. The van der Waals surface area contributed by atoms with Gasteiger partial charge in [-0.05, 0) is 75.5 Å². The third-order valence-electron chi connectivity index (χ3n) is 8.67. The van der Waals surface area contributed by atoms with Crippen molar-refractivity contribution >= 4 is 22.8 Å². The summed E-state index contributed by atoms with van der Waals surface area (Å²) in [5.41, 5.74) is 1.89. The fourth-order valence-corrected chi connectivity index (χ4v) is 7.13. The van der Waals surface area contributed by atoms with E-state index in [1.165, 1.54) is 0 Å². The van der Waals surface area contributed by atoms with Crippen molar-refractivity contribution < 1.29 is 9.59 Å². The monoisotopic (exact) mass is 436 g/mol. The molecule has 170 valence electrons. The van der Waals surface area contributed by atoms with E-state index in [4.69, 9.17) is 0 Å². The van der Waals surface area contributed by atoms with E-state index in [1.807, 2.05) is 28.8 Å². The number of unbranched alkanes of at least 4 members (excludes halogenated alkanes) is 1. The summed E-state index contributed by atoms with van der Waals surface area (Å²) in [6.45, 7) is 3.53. The molecular formula is C25H32N4O3. The van der Waals surface area contributed by atoms with Crippen LogP contribution in [0.25, 0.3) is 11.0 Å². The molecule has 0 unspecified atom stereocenters. The molecule has 2 saturated carbocycles. The summed E-state index contributed by atoms with van der Waals surface area (Å²) in [7, 11) is 0. The Balaban J connectivity index is 0.985. The van der Waals surface area contributed by atoms with Crippen molar-refractivity contribution in [2.75, 3.05) is 26.2 Å². The molecule has 0 radical (unpaired) electrons. The summed E-state index contributed by atoms with van der Waals surface area (Å²) in [5.74, 6) is 1.20. The van der Waals surface area contributed by atoms with Gasteiger partial charge in [-0.25, -0.2) is 4.79 Å². The second-order valence-electron chi connectivity index (χ2n) is 10.3. The third kappa shape index (κ3) is 3.16. The van der Waals surface area contributed by atoms with Crippen molar-refractivity contribution in [3.05, 3.63) is 34.7 Å². The highest BCUT2D eigenvalue weighted by atomic mass is 16.2. The number of imide groups is 1. The van der Waals surface area contributed by atoms with Crippen molar-refractivity contribution in [2.24, 2.45) is 23.7 Å². The van der Waals surface area contributed by atoms with Gasteiger partial charge in [0.05, 0.1) is 22.9 Å². The fourth-order valence-electron chi connectivity index (χ4n) is 7.13. The van der Waals surface area contributed by atoms with Crippen LogP contribution in [0.15, 0.2) is 29.1 Å². The van der Waals surface area contributed by atoms with Gasteiger partial charge < -0.3 is 9.88 Å². The number of piperidine rings is 1. The zero-order chi connectivity index (χ0) is 21.8. The van der Waals surface area contributed by atoms with Crippen LogP contribution in [-0.2, 0) is 9.59 Å². The van der Waals surface area contributed by atoms with Gasteiger partial charge in [-0.1, -0.05) is 12.1 Å². The Kier molecular flexibility index (Phi) is 4.97. The maximum Gasteiger partial charge on any atom is 0.326 e. The van der Waals surface area contributed by atoms with Gasteiger partial charge in [-0.2, -0.15) is 0 Å². The fraction of sp³-hybridized carbons (Fsp3) is 0.640. The molecule has 2 bridgehead atoms. The molecule has 2 aliphatic heterocycles. The maximum atomic E-state index is 12.8. The van der Waals surface area contributed by atoms with Gasteiger partial charge in [-0.15, -0.1) is 0 Å². The van der Waals surface area contributed by atoms with Gasteiger partial charge in [0.25, 0.3) is 0 Å². The lowest BCUT2D eigenvalue weighted by atomic mass is 9.81. The van der Waals surface area contributed by atoms with Crippen LogP contribution < -0.4 is 5.69 Å². The molecule has 4 atom stereocenters. The first-order valence-corrected chi connectivity index (χ1v) is 12.4. The minimum atomic E-state index is -0.0113. The number of aromatic amines is 1. The van der Waals surface area contributed by atoms with Gasteiger partial charge in [0.15, 0.2) is 0 Å². The number of aromatic nitrogens is 2. The number of likely N-dealkylation sites (tertiary alicyclic amines) is 2. The average Bonchev–Trinajstić information content (AvgIpc) is 3.55. The van der Waals surface area contributed by atoms with Crippen molar-refractivity contribution in [2.45, 2.75) is 51.0 Å². The molecule has 2 aromatic rings. The first kappa shape index (κ1) is 20.2. The first-order valence-electron chi connectivity index (χ1n) is 12.4. The number of hydrogen-bond donors (Lipinski definition) is 1. The summed E-state index contributed by atoms with van der Waals surface area (Å²) in [4.78, 5) is 45.1. The SMILES string of the molecule is O=C1[C@@H]2[C@H]3CC[C@H](C3)[C@@H]2C(=O)N1CCCCN1CCC(n2c(=O)[nH]c3ccccc32)CC1. The maximum absolute atomic E-state index is 12.8. The molecule has 1 N–H and O–H groups in total. The summed E-state index contributed by atoms with van der Waals surface area (Å²) in [6, 6.07) is 8.14. The van der Waals surface area contributed by atoms with E-state index in [0.717, 1.165) is 75.6 Å². The number of benzene rings is 1. The normalized spacial score (nSPS) is 30.7. The largest absolute Gasteiger partial charge is 0.326 e. The lowest BCUT2D eigenvalue weighted by Crippen LogP contribution is -2.38. The van der Waals surface area contributed by atoms with Crippen molar-refractivity contribution in [1.29, 1.82) is 0 Å². The molecule has 6 rings (SSSR count). The minimum Gasteiger partial charge on any atom is -0.306 e. The minimum absolute atomic E-state index is 0.00759. The van der Waals surface area contributed by atoms with E-state index in [9.17, 15) is 14.4 Å². The smallest absolute Gasteiger partial charge is 0.306 e. The second kappa shape index (κ2) is 7.87. The van der Waals surface area contributed by atoms with Gasteiger partial charge in [0.2, 0.25) is 11.8 Å². The predicted octanol–water partition coefficient (Wildman–Crippen LogP) is 2.78. The lowest BCUT2D eigenvalue weighted by Gasteiger charge is -2.32.